The van der Waals surface area contributed by atoms with Crippen LogP contribution >= 0.6 is 0 Å². The van der Waals surface area contributed by atoms with Crippen molar-refractivity contribution < 1.29 is 4.92 Å². The molecule has 0 fully saturated rings. The van der Waals surface area contributed by atoms with E-state index in [-0.39, 0.29) is 16.7 Å². The molecule has 1 atom stereocenters. The van der Waals surface area contributed by atoms with Gasteiger partial charge in [0, 0.05) is 24.2 Å². The third kappa shape index (κ3) is 4.13. The minimum atomic E-state index is -0.316. The Balaban J connectivity index is 1.96. The third-order valence-corrected chi connectivity index (χ3v) is 3.58. The Bertz CT molecular complexity index is 584. The molecule has 0 bridgehead atoms. The molecule has 0 amide bonds. The summed E-state index contributed by atoms with van der Waals surface area (Å²) >= 11 is 0. The Morgan fingerprint density at radius 3 is 2.43 bits per heavy atom. The van der Waals surface area contributed by atoms with Crippen LogP contribution in [-0.2, 0) is 6.42 Å². The zero-order valence-electron chi connectivity index (χ0n) is 12.2. The molecular formula is C17H20N2O2. The Labute approximate surface area is 125 Å². The second kappa shape index (κ2) is 7.55. The van der Waals surface area contributed by atoms with Crippen LogP contribution in [0.4, 0.5) is 5.69 Å². The molecule has 0 spiro atoms. The van der Waals surface area contributed by atoms with Crippen LogP contribution < -0.4 is 5.32 Å². The molecule has 4 heteroatoms. The van der Waals surface area contributed by atoms with Crippen LogP contribution in [0.2, 0.25) is 0 Å². The maximum Gasteiger partial charge on any atom is 0.272 e. The van der Waals surface area contributed by atoms with Crippen molar-refractivity contribution in [3.63, 3.8) is 0 Å². The molecule has 0 saturated heterocycles. The first-order valence-electron chi connectivity index (χ1n) is 7.23. The molecule has 0 saturated carbocycles. The lowest BCUT2D eigenvalue weighted by atomic mass is 10.0. The molecule has 0 aliphatic rings. The van der Waals surface area contributed by atoms with Gasteiger partial charge in [-0.05, 0) is 18.4 Å². The first kappa shape index (κ1) is 15.2. The van der Waals surface area contributed by atoms with Gasteiger partial charge in [0.25, 0.3) is 5.69 Å². The van der Waals surface area contributed by atoms with Gasteiger partial charge in [-0.1, -0.05) is 55.5 Å². The predicted molar refractivity (Wildman–Crippen MR) is 84.3 cm³/mol. The molecule has 0 aliphatic carbocycles. The summed E-state index contributed by atoms with van der Waals surface area (Å²) in [5, 5.41) is 14.5. The summed E-state index contributed by atoms with van der Waals surface area (Å²) in [6.07, 6.45) is 1.64. The van der Waals surface area contributed by atoms with Gasteiger partial charge in [-0.15, -0.1) is 0 Å². The summed E-state index contributed by atoms with van der Waals surface area (Å²) < 4.78 is 0. The first-order valence-corrected chi connectivity index (χ1v) is 7.23. The molecule has 2 aromatic rings. The zero-order valence-corrected chi connectivity index (χ0v) is 12.2. The highest BCUT2D eigenvalue weighted by Gasteiger charge is 2.13. The van der Waals surface area contributed by atoms with Gasteiger partial charge in [0.15, 0.2) is 0 Å². The van der Waals surface area contributed by atoms with Gasteiger partial charge in [0.2, 0.25) is 0 Å². The van der Waals surface area contributed by atoms with Crippen molar-refractivity contribution in [3.8, 4) is 0 Å². The number of rotatable bonds is 7. The number of nitrogens with zero attached hydrogens (tertiary/aromatic N) is 1. The van der Waals surface area contributed by atoms with Crippen LogP contribution in [0, 0.1) is 10.1 Å². The second-order valence-electron chi connectivity index (χ2n) is 4.96. The highest BCUT2D eigenvalue weighted by atomic mass is 16.6. The Morgan fingerprint density at radius 1 is 1.10 bits per heavy atom. The number of nitrogens with one attached hydrogen (secondary N) is 1. The molecule has 0 aromatic heterocycles. The van der Waals surface area contributed by atoms with E-state index in [0.717, 1.165) is 18.5 Å². The van der Waals surface area contributed by atoms with Crippen molar-refractivity contribution in [2.45, 2.75) is 25.8 Å². The van der Waals surface area contributed by atoms with Crippen molar-refractivity contribution in [3.05, 3.63) is 75.8 Å². The van der Waals surface area contributed by atoms with Crippen molar-refractivity contribution in [1.82, 2.24) is 5.32 Å². The Kier molecular flexibility index (Phi) is 5.46. The van der Waals surface area contributed by atoms with Gasteiger partial charge >= 0.3 is 0 Å². The van der Waals surface area contributed by atoms with E-state index in [1.165, 1.54) is 5.56 Å². The average molecular weight is 284 g/mol. The predicted octanol–water partition coefficient (Wildman–Crippen LogP) is 3.88. The molecule has 2 aromatic carbocycles. The molecule has 0 radical (unpaired) electrons. The van der Waals surface area contributed by atoms with E-state index in [2.05, 4.69) is 24.4 Å². The van der Waals surface area contributed by atoms with E-state index < -0.39 is 0 Å². The monoisotopic (exact) mass is 284 g/mol. The van der Waals surface area contributed by atoms with Crippen molar-refractivity contribution in [2.24, 2.45) is 0 Å². The van der Waals surface area contributed by atoms with E-state index in [1.807, 2.05) is 30.3 Å². The van der Waals surface area contributed by atoms with E-state index >= 15 is 0 Å². The Morgan fingerprint density at radius 2 is 1.76 bits per heavy atom. The molecule has 2 rings (SSSR count). The highest BCUT2D eigenvalue weighted by molar-refractivity contribution is 5.39. The summed E-state index contributed by atoms with van der Waals surface area (Å²) in [6.45, 7) is 2.86. The van der Waals surface area contributed by atoms with Crippen LogP contribution in [-0.4, -0.2) is 11.5 Å². The number of nitro benzene ring substituents is 1. The summed E-state index contributed by atoms with van der Waals surface area (Å²) in [7, 11) is 0. The van der Waals surface area contributed by atoms with Crippen LogP contribution in [0.3, 0.4) is 0 Å². The maximum atomic E-state index is 11.0. The molecular weight excluding hydrogens is 264 g/mol. The number of para-hydroxylation sites is 1. The van der Waals surface area contributed by atoms with Crippen LogP contribution in [0.1, 0.15) is 30.5 Å². The molecule has 110 valence electrons. The van der Waals surface area contributed by atoms with Gasteiger partial charge in [0.1, 0.15) is 0 Å². The molecule has 1 N–H and O–H groups in total. The quantitative estimate of drug-likeness (QED) is 0.620. The van der Waals surface area contributed by atoms with Gasteiger partial charge in [0.05, 0.1) is 4.92 Å². The van der Waals surface area contributed by atoms with Crippen LogP contribution in [0.15, 0.2) is 54.6 Å². The topological polar surface area (TPSA) is 55.2 Å². The number of hydrogen-bond donors (Lipinski definition) is 1. The first-order chi connectivity index (χ1) is 10.2. The average Bonchev–Trinajstić information content (AvgIpc) is 2.52. The van der Waals surface area contributed by atoms with E-state index in [9.17, 15) is 10.1 Å². The Hall–Kier alpha value is -2.20. The van der Waals surface area contributed by atoms with Crippen LogP contribution in [0.5, 0.6) is 0 Å². The van der Waals surface area contributed by atoms with E-state index in [4.69, 9.17) is 0 Å². The van der Waals surface area contributed by atoms with Crippen molar-refractivity contribution in [2.75, 3.05) is 6.54 Å². The number of nitro groups is 1. The normalized spacial score (nSPS) is 12.0. The summed E-state index contributed by atoms with van der Waals surface area (Å²) in [5.41, 5.74) is 2.23. The van der Waals surface area contributed by atoms with Crippen molar-refractivity contribution >= 4 is 5.69 Å². The summed E-state index contributed by atoms with van der Waals surface area (Å²) in [5.74, 6) is 0. The zero-order chi connectivity index (χ0) is 15.1. The highest BCUT2D eigenvalue weighted by Crippen LogP contribution is 2.19. The number of hydrogen-bond acceptors (Lipinski definition) is 3. The van der Waals surface area contributed by atoms with Gasteiger partial charge < -0.3 is 5.32 Å². The standard InChI is InChI=1S/C17H20N2O2/c1-2-16(14-8-4-3-5-9-14)18-13-12-15-10-6-7-11-17(15)19(20)21/h3-11,16,18H,2,12-13H2,1H3. The smallest absolute Gasteiger partial charge is 0.272 e. The van der Waals surface area contributed by atoms with E-state index in [1.54, 1.807) is 12.1 Å². The lowest BCUT2D eigenvalue weighted by Crippen LogP contribution is -2.23. The largest absolute Gasteiger partial charge is 0.310 e. The molecule has 0 heterocycles. The fourth-order valence-corrected chi connectivity index (χ4v) is 2.46. The minimum absolute atomic E-state index is 0.201. The van der Waals surface area contributed by atoms with E-state index in [0.29, 0.717) is 6.42 Å². The maximum absolute atomic E-state index is 11.0. The number of benzene rings is 2. The lowest BCUT2D eigenvalue weighted by Gasteiger charge is -2.17. The summed E-state index contributed by atoms with van der Waals surface area (Å²) in [4.78, 5) is 10.7. The SMILES string of the molecule is CCC(NCCc1ccccc1[N+](=O)[O-])c1ccccc1. The molecule has 0 aliphatic heterocycles. The van der Waals surface area contributed by atoms with Gasteiger partial charge in [-0.3, -0.25) is 10.1 Å². The second-order valence-corrected chi connectivity index (χ2v) is 4.96. The fourth-order valence-electron chi connectivity index (χ4n) is 2.46. The fraction of sp³-hybridized carbons (Fsp3) is 0.294. The third-order valence-electron chi connectivity index (χ3n) is 3.58. The van der Waals surface area contributed by atoms with Crippen LogP contribution in [0.25, 0.3) is 0 Å². The molecule has 4 nitrogen and oxygen atoms in total. The lowest BCUT2D eigenvalue weighted by molar-refractivity contribution is -0.385. The summed E-state index contributed by atoms with van der Waals surface area (Å²) in [6, 6.07) is 17.5. The van der Waals surface area contributed by atoms with Crippen molar-refractivity contribution in [1.29, 1.82) is 0 Å². The molecule has 21 heavy (non-hydrogen) atoms. The molecule has 1 unspecified atom stereocenters. The minimum Gasteiger partial charge on any atom is -0.310 e. The van der Waals surface area contributed by atoms with Gasteiger partial charge in [-0.2, -0.15) is 0 Å². The van der Waals surface area contributed by atoms with Gasteiger partial charge in [-0.25, -0.2) is 0 Å².